The summed E-state index contributed by atoms with van der Waals surface area (Å²) < 4.78 is 12.3. The fourth-order valence-corrected chi connectivity index (χ4v) is 3.37. The molecule has 0 aliphatic rings. The third-order valence-corrected chi connectivity index (χ3v) is 5.16. The van der Waals surface area contributed by atoms with Gasteiger partial charge in [-0.3, -0.25) is 10.1 Å². The van der Waals surface area contributed by atoms with Crippen molar-refractivity contribution in [2.24, 2.45) is 0 Å². The first-order valence-corrected chi connectivity index (χ1v) is 10.2. The third-order valence-electron chi connectivity index (χ3n) is 4.35. The lowest BCUT2D eigenvalue weighted by atomic mass is 10.0. The van der Waals surface area contributed by atoms with Gasteiger partial charge in [-0.05, 0) is 47.0 Å². The first kappa shape index (κ1) is 22.3. The van der Waals surface area contributed by atoms with E-state index in [2.05, 4.69) is 22.0 Å². The molecule has 0 atom stereocenters. The van der Waals surface area contributed by atoms with Gasteiger partial charge in [-0.15, -0.1) is 0 Å². The molecule has 0 aliphatic carbocycles. The summed E-state index contributed by atoms with van der Waals surface area (Å²) in [5, 5.41) is 20.9. The van der Waals surface area contributed by atoms with Crippen LogP contribution in [-0.2, 0) is 6.61 Å². The van der Waals surface area contributed by atoms with Gasteiger partial charge in [-0.1, -0.05) is 51.8 Å². The van der Waals surface area contributed by atoms with Crippen LogP contribution in [0.3, 0.4) is 0 Å². The van der Waals surface area contributed by atoms with Gasteiger partial charge in [0, 0.05) is 16.6 Å². The number of nitrogens with zero attached hydrogens (tertiary/aromatic N) is 2. The Hall–Kier alpha value is -3.34. The van der Waals surface area contributed by atoms with Crippen LogP contribution in [0.4, 0.5) is 5.69 Å². The maximum Gasteiger partial charge on any atom is 0.270 e. The normalized spacial score (nSPS) is 11.0. The molecule has 0 amide bonds. The van der Waals surface area contributed by atoms with Crippen LogP contribution in [0.1, 0.15) is 16.7 Å². The molecule has 156 valence electrons. The molecule has 8 heteroatoms. The Morgan fingerprint density at radius 1 is 1.23 bits per heavy atom. The molecule has 0 saturated heterocycles. The van der Waals surface area contributed by atoms with E-state index in [0.29, 0.717) is 34.3 Å². The zero-order valence-corrected chi connectivity index (χ0v) is 18.7. The van der Waals surface area contributed by atoms with E-state index in [-0.39, 0.29) is 11.3 Å². The van der Waals surface area contributed by atoms with Crippen LogP contribution in [0.2, 0.25) is 5.02 Å². The fraction of sp³-hybridized carbons (Fsp3) is 0.0870. The van der Waals surface area contributed by atoms with Crippen LogP contribution in [0, 0.1) is 21.4 Å². The molecule has 0 N–H and O–H groups in total. The number of hydrogen-bond donors (Lipinski definition) is 0. The summed E-state index contributed by atoms with van der Waals surface area (Å²) in [4.78, 5) is 10.5. The Morgan fingerprint density at radius 2 is 1.97 bits per heavy atom. The Balaban J connectivity index is 1.90. The van der Waals surface area contributed by atoms with E-state index < -0.39 is 4.92 Å². The molecule has 6 nitrogen and oxygen atoms in total. The maximum atomic E-state index is 11.0. The summed E-state index contributed by atoms with van der Waals surface area (Å²) in [7, 11) is 1.50. The van der Waals surface area contributed by atoms with Crippen molar-refractivity contribution in [1.82, 2.24) is 0 Å². The summed E-state index contributed by atoms with van der Waals surface area (Å²) >= 11 is 9.82. The second-order valence-corrected chi connectivity index (χ2v) is 7.75. The zero-order valence-electron chi connectivity index (χ0n) is 16.3. The Kier molecular flexibility index (Phi) is 7.29. The maximum absolute atomic E-state index is 11.0. The number of non-ortho nitro benzene ring substituents is 1. The standard InChI is InChI=1S/C23H16BrClN2O4/c1-30-22-11-16(9-18(13-26)17-3-2-4-20(12-17)27(28)29)10-21(25)23(22)31-14-15-5-7-19(24)8-6-15/h2-12H,14H2,1H3. The van der Waals surface area contributed by atoms with E-state index in [1.807, 2.05) is 24.3 Å². The summed E-state index contributed by atoms with van der Waals surface area (Å²) in [5.74, 6) is 0.797. The molecule has 3 aromatic carbocycles. The van der Waals surface area contributed by atoms with Crippen molar-refractivity contribution in [1.29, 1.82) is 5.26 Å². The number of nitro benzene ring substituents is 1. The number of allylic oxidation sites excluding steroid dienone is 1. The third kappa shape index (κ3) is 5.63. The molecule has 0 aliphatic heterocycles. The van der Waals surface area contributed by atoms with Crippen molar-refractivity contribution < 1.29 is 14.4 Å². The van der Waals surface area contributed by atoms with E-state index in [4.69, 9.17) is 21.1 Å². The molecular formula is C23H16BrClN2O4. The summed E-state index contributed by atoms with van der Waals surface area (Å²) in [6.07, 6.45) is 1.59. The lowest BCUT2D eigenvalue weighted by molar-refractivity contribution is -0.384. The van der Waals surface area contributed by atoms with Gasteiger partial charge in [0.15, 0.2) is 11.5 Å². The predicted octanol–water partition coefficient (Wildman–Crippen LogP) is 6.66. The van der Waals surface area contributed by atoms with Gasteiger partial charge >= 0.3 is 0 Å². The van der Waals surface area contributed by atoms with Gasteiger partial charge in [0.25, 0.3) is 5.69 Å². The highest BCUT2D eigenvalue weighted by atomic mass is 79.9. The second kappa shape index (κ2) is 10.1. The minimum atomic E-state index is -0.504. The number of nitro groups is 1. The lowest BCUT2D eigenvalue weighted by Gasteiger charge is -2.14. The van der Waals surface area contributed by atoms with Gasteiger partial charge in [0.2, 0.25) is 0 Å². The first-order chi connectivity index (χ1) is 14.9. The van der Waals surface area contributed by atoms with Crippen LogP contribution in [0.5, 0.6) is 11.5 Å². The minimum absolute atomic E-state index is 0.0917. The monoisotopic (exact) mass is 498 g/mol. The van der Waals surface area contributed by atoms with Crippen molar-refractivity contribution in [3.63, 3.8) is 0 Å². The van der Waals surface area contributed by atoms with Gasteiger partial charge in [0.1, 0.15) is 6.61 Å². The molecule has 0 heterocycles. The lowest BCUT2D eigenvalue weighted by Crippen LogP contribution is -1.99. The molecule has 31 heavy (non-hydrogen) atoms. The molecule has 3 aromatic rings. The Bertz CT molecular complexity index is 1190. The quantitative estimate of drug-likeness (QED) is 0.157. The van der Waals surface area contributed by atoms with E-state index in [1.165, 1.54) is 25.3 Å². The van der Waals surface area contributed by atoms with E-state index in [0.717, 1.165) is 10.0 Å². The number of nitriles is 1. The van der Waals surface area contributed by atoms with Crippen LogP contribution in [0.15, 0.2) is 65.1 Å². The molecule has 3 rings (SSSR count). The van der Waals surface area contributed by atoms with Crippen molar-refractivity contribution in [2.75, 3.05) is 7.11 Å². The molecule has 0 saturated carbocycles. The topological polar surface area (TPSA) is 85.4 Å². The second-order valence-electron chi connectivity index (χ2n) is 6.43. The number of halogens is 2. The molecule has 0 fully saturated rings. The average Bonchev–Trinajstić information content (AvgIpc) is 2.77. The highest BCUT2D eigenvalue weighted by molar-refractivity contribution is 9.10. The molecule has 0 unspecified atom stereocenters. The molecule has 0 spiro atoms. The largest absolute Gasteiger partial charge is 0.493 e. The van der Waals surface area contributed by atoms with E-state index in [1.54, 1.807) is 24.3 Å². The molecular weight excluding hydrogens is 484 g/mol. The fourth-order valence-electron chi connectivity index (χ4n) is 2.83. The number of ether oxygens (including phenoxy) is 2. The SMILES string of the molecule is COc1cc(C=C(C#N)c2cccc([N+](=O)[O-])c2)cc(Cl)c1OCc1ccc(Br)cc1. The number of rotatable bonds is 7. The molecule has 0 aromatic heterocycles. The van der Waals surface area contributed by atoms with Gasteiger partial charge in [-0.2, -0.15) is 5.26 Å². The summed E-state index contributed by atoms with van der Waals surface area (Å²) in [6, 6.07) is 19.0. The van der Waals surface area contributed by atoms with Gasteiger partial charge in [0.05, 0.1) is 28.7 Å². The van der Waals surface area contributed by atoms with E-state index in [9.17, 15) is 15.4 Å². The van der Waals surface area contributed by atoms with Crippen molar-refractivity contribution in [3.05, 3.63) is 97.0 Å². The van der Waals surface area contributed by atoms with E-state index >= 15 is 0 Å². The number of benzene rings is 3. The van der Waals surface area contributed by atoms with Crippen molar-refractivity contribution in [3.8, 4) is 17.6 Å². The minimum Gasteiger partial charge on any atom is -0.493 e. The number of hydrogen-bond acceptors (Lipinski definition) is 5. The first-order valence-electron chi connectivity index (χ1n) is 9.02. The highest BCUT2D eigenvalue weighted by Gasteiger charge is 2.14. The zero-order chi connectivity index (χ0) is 22.4. The van der Waals surface area contributed by atoms with Gasteiger partial charge < -0.3 is 9.47 Å². The van der Waals surface area contributed by atoms with Crippen molar-refractivity contribution in [2.45, 2.75) is 6.61 Å². The van der Waals surface area contributed by atoms with Crippen LogP contribution in [-0.4, -0.2) is 12.0 Å². The average molecular weight is 500 g/mol. The summed E-state index contributed by atoms with van der Waals surface area (Å²) in [5.41, 5.74) is 2.15. The Morgan fingerprint density at radius 3 is 2.61 bits per heavy atom. The summed E-state index contributed by atoms with van der Waals surface area (Å²) in [6.45, 7) is 0.301. The molecule has 0 radical (unpaired) electrons. The van der Waals surface area contributed by atoms with Crippen LogP contribution >= 0.6 is 27.5 Å². The van der Waals surface area contributed by atoms with Crippen LogP contribution < -0.4 is 9.47 Å². The number of methoxy groups -OCH3 is 1. The predicted molar refractivity (Wildman–Crippen MR) is 123 cm³/mol. The smallest absolute Gasteiger partial charge is 0.270 e. The molecule has 0 bridgehead atoms. The van der Waals surface area contributed by atoms with Crippen molar-refractivity contribution >= 4 is 44.9 Å². The Labute approximate surface area is 192 Å². The van der Waals surface area contributed by atoms with Gasteiger partial charge in [-0.25, -0.2) is 0 Å². The highest BCUT2D eigenvalue weighted by Crippen LogP contribution is 2.38. The van der Waals surface area contributed by atoms with Crippen LogP contribution in [0.25, 0.3) is 11.6 Å².